The Labute approximate surface area is 391 Å². The van der Waals surface area contributed by atoms with Crippen molar-refractivity contribution in [2.45, 2.75) is 261 Å². The van der Waals surface area contributed by atoms with E-state index in [4.69, 9.17) is 18.9 Å². The monoisotopic (exact) mass is 928 g/mol. The van der Waals surface area contributed by atoms with E-state index in [2.05, 4.69) is 43.5 Å². The SMILES string of the molecule is CCCCCC/C=C\CCCCCCCC(=O)NC(COC1OC(CO)C(OC2OC(CO)C(O)C(O)C2O)C(O)C1O)C(O)/C=C/CC/C=C/CCCCCCCCCCCCCC. The van der Waals surface area contributed by atoms with Crippen LogP contribution >= 0.6 is 0 Å². The lowest BCUT2D eigenvalue weighted by Gasteiger charge is -2.46. The van der Waals surface area contributed by atoms with Gasteiger partial charge in [-0.25, -0.2) is 0 Å². The summed E-state index contributed by atoms with van der Waals surface area (Å²) in [6.45, 7) is 2.74. The van der Waals surface area contributed by atoms with Crippen LogP contribution in [0.5, 0.6) is 0 Å². The van der Waals surface area contributed by atoms with Crippen LogP contribution in [-0.4, -0.2) is 140 Å². The molecule has 2 rings (SSSR count). The van der Waals surface area contributed by atoms with Crippen molar-refractivity contribution in [3.05, 3.63) is 36.5 Å². The standard InChI is InChI=1S/C51H93NO13/c1-3-5-7-9-11-13-15-17-18-19-20-21-23-24-26-28-30-32-34-40(55)39(52-43(56)35-33-31-29-27-25-22-16-14-12-10-8-6-4-2)38-62-50-48(61)46(59)49(42(37-54)64-50)65-51-47(60)45(58)44(57)41(36-53)63-51/h14,16,24,26,32,34,39-42,44-51,53-55,57-61H,3-13,15,17-23,25,27-31,33,35-38H2,1-2H3,(H,52,56)/b16-14-,26-24+,34-32+. The van der Waals surface area contributed by atoms with E-state index in [1.807, 2.05) is 6.08 Å². The molecule has 14 nitrogen and oxygen atoms in total. The van der Waals surface area contributed by atoms with Crippen molar-refractivity contribution in [1.82, 2.24) is 5.32 Å². The van der Waals surface area contributed by atoms with E-state index in [1.165, 1.54) is 103 Å². The van der Waals surface area contributed by atoms with Crippen LogP contribution in [0.2, 0.25) is 0 Å². The fourth-order valence-electron chi connectivity index (χ4n) is 8.30. The van der Waals surface area contributed by atoms with Gasteiger partial charge in [0.1, 0.15) is 48.8 Å². The zero-order valence-corrected chi connectivity index (χ0v) is 40.2. The summed E-state index contributed by atoms with van der Waals surface area (Å²) in [6.07, 6.45) is 26.1. The van der Waals surface area contributed by atoms with Crippen LogP contribution in [0.15, 0.2) is 36.5 Å². The summed E-state index contributed by atoms with van der Waals surface area (Å²) in [7, 11) is 0. The van der Waals surface area contributed by atoms with Crippen molar-refractivity contribution in [2.75, 3.05) is 19.8 Å². The van der Waals surface area contributed by atoms with Crippen molar-refractivity contribution < 1.29 is 64.6 Å². The highest BCUT2D eigenvalue weighted by molar-refractivity contribution is 5.76. The molecule has 0 aromatic rings. The molecule has 0 aromatic carbocycles. The number of rotatable bonds is 39. The van der Waals surface area contributed by atoms with Gasteiger partial charge in [-0.2, -0.15) is 0 Å². The van der Waals surface area contributed by atoms with E-state index >= 15 is 0 Å². The van der Waals surface area contributed by atoms with E-state index in [-0.39, 0.29) is 18.9 Å². The molecule has 0 spiro atoms. The number of aliphatic hydroxyl groups excluding tert-OH is 8. The second kappa shape index (κ2) is 38.1. The zero-order valence-electron chi connectivity index (χ0n) is 40.2. The molecule has 0 aliphatic carbocycles. The van der Waals surface area contributed by atoms with Crippen molar-refractivity contribution in [1.29, 1.82) is 0 Å². The first-order valence-corrected chi connectivity index (χ1v) is 25.7. The first kappa shape index (κ1) is 59.3. The molecular formula is C51H93NO13. The van der Waals surface area contributed by atoms with Gasteiger partial charge >= 0.3 is 0 Å². The summed E-state index contributed by atoms with van der Waals surface area (Å²) < 4.78 is 22.7. The quantitative estimate of drug-likeness (QED) is 0.0231. The second-order valence-corrected chi connectivity index (χ2v) is 18.3. The molecule has 2 saturated heterocycles. The Morgan fingerprint density at radius 3 is 1.52 bits per heavy atom. The molecular weight excluding hydrogens is 835 g/mol. The predicted octanol–water partition coefficient (Wildman–Crippen LogP) is 6.71. The average Bonchev–Trinajstić information content (AvgIpc) is 3.30. The van der Waals surface area contributed by atoms with Crippen molar-refractivity contribution >= 4 is 5.91 Å². The lowest BCUT2D eigenvalue weighted by atomic mass is 9.97. The number of carbonyl (C=O) groups excluding carboxylic acids is 1. The summed E-state index contributed by atoms with van der Waals surface area (Å²) in [5.74, 6) is -0.260. The molecule has 14 heteroatoms. The lowest BCUT2D eigenvalue weighted by molar-refractivity contribution is -0.359. The number of nitrogens with one attached hydrogen (secondary N) is 1. The van der Waals surface area contributed by atoms with Gasteiger partial charge in [0.05, 0.1) is 32.0 Å². The fraction of sp³-hybridized carbons (Fsp3) is 0.863. The lowest BCUT2D eigenvalue weighted by Crippen LogP contribution is -2.65. The van der Waals surface area contributed by atoms with E-state index in [0.717, 1.165) is 51.4 Å². The van der Waals surface area contributed by atoms with Gasteiger partial charge in [-0.05, 0) is 57.8 Å². The van der Waals surface area contributed by atoms with E-state index < -0.39 is 86.8 Å². The molecule has 380 valence electrons. The van der Waals surface area contributed by atoms with Gasteiger partial charge in [0.2, 0.25) is 5.91 Å². The molecule has 9 N–H and O–H groups in total. The second-order valence-electron chi connectivity index (χ2n) is 18.3. The molecule has 65 heavy (non-hydrogen) atoms. The normalized spacial score (nSPS) is 27.3. The molecule has 2 aliphatic heterocycles. The zero-order chi connectivity index (χ0) is 47.5. The maximum absolute atomic E-state index is 13.1. The van der Waals surface area contributed by atoms with Gasteiger partial charge in [-0.3, -0.25) is 4.79 Å². The number of allylic oxidation sites excluding steroid dienone is 5. The summed E-state index contributed by atoms with van der Waals surface area (Å²) in [5.41, 5.74) is 0. The minimum atomic E-state index is -1.79. The molecule has 1 amide bonds. The highest BCUT2D eigenvalue weighted by atomic mass is 16.7. The van der Waals surface area contributed by atoms with Crippen LogP contribution in [0, 0.1) is 0 Å². The maximum atomic E-state index is 13.1. The molecule has 12 atom stereocenters. The minimum absolute atomic E-state index is 0.260. The van der Waals surface area contributed by atoms with Crippen molar-refractivity contribution in [3.63, 3.8) is 0 Å². The molecule has 2 aliphatic rings. The predicted molar refractivity (Wildman–Crippen MR) is 254 cm³/mol. The smallest absolute Gasteiger partial charge is 0.220 e. The van der Waals surface area contributed by atoms with Crippen LogP contribution in [0.25, 0.3) is 0 Å². The number of aliphatic hydroxyl groups is 8. The van der Waals surface area contributed by atoms with Gasteiger partial charge in [-0.15, -0.1) is 0 Å². The Hall–Kier alpha value is -1.79. The summed E-state index contributed by atoms with van der Waals surface area (Å²) in [4.78, 5) is 13.1. The average molecular weight is 928 g/mol. The van der Waals surface area contributed by atoms with E-state index in [9.17, 15) is 45.6 Å². The third-order valence-corrected chi connectivity index (χ3v) is 12.5. The van der Waals surface area contributed by atoms with Crippen molar-refractivity contribution in [2.24, 2.45) is 0 Å². The van der Waals surface area contributed by atoms with Gasteiger partial charge in [0.15, 0.2) is 12.6 Å². The Morgan fingerprint density at radius 2 is 0.985 bits per heavy atom. The number of carbonyl (C=O) groups is 1. The minimum Gasteiger partial charge on any atom is -0.394 e. The molecule has 0 saturated carbocycles. The number of ether oxygens (including phenoxy) is 4. The van der Waals surface area contributed by atoms with Crippen LogP contribution in [-0.2, 0) is 23.7 Å². The largest absolute Gasteiger partial charge is 0.394 e. The van der Waals surface area contributed by atoms with E-state index in [0.29, 0.717) is 12.8 Å². The Kier molecular flexibility index (Phi) is 34.8. The first-order valence-electron chi connectivity index (χ1n) is 25.7. The number of hydrogen-bond donors (Lipinski definition) is 9. The Balaban J connectivity index is 1.87. The maximum Gasteiger partial charge on any atom is 0.220 e. The fourth-order valence-corrected chi connectivity index (χ4v) is 8.30. The number of unbranched alkanes of at least 4 members (excludes halogenated alkanes) is 22. The molecule has 12 unspecified atom stereocenters. The molecule has 0 aromatic heterocycles. The Morgan fingerprint density at radius 1 is 0.538 bits per heavy atom. The summed E-state index contributed by atoms with van der Waals surface area (Å²) in [5, 5.41) is 86.7. The highest BCUT2D eigenvalue weighted by Crippen LogP contribution is 2.30. The number of amides is 1. The van der Waals surface area contributed by atoms with Crippen LogP contribution in [0.3, 0.4) is 0 Å². The van der Waals surface area contributed by atoms with Gasteiger partial charge < -0.3 is 65.1 Å². The van der Waals surface area contributed by atoms with Gasteiger partial charge in [0.25, 0.3) is 0 Å². The highest BCUT2D eigenvalue weighted by Gasteiger charge is 2.51. The van der Waals surface area contributed by atoms with Crippen LogP contribution < -0.4 is 5.32 Å². The third kappa shape index (κ3) is 25.4. The van der Waals surface area contributed by atoms with Gasteiger partial charge in [0, 0.05) is 6.42 Å². The molecule has 2 fully saturated rings. The van der Waals surface area contributed by atoms with Crippen LogP contribution in [0.4, 0.5) is 0 Å². The Bertz CT molecular complexity index is 1230. The molecule has 2 heterocycles. The van der Waals surface area contributed by atoms with E-state index in [1.54, 1.807) is 6.08 Å². The van der Waals surface area contributed by atoms with Crippen LogP contribution in [0.1, 0.15) is 187 Å². The summed E-state index contributed by atoms with van der Waals surface area (Å²) in [6, 6.07) is -0.933. The van der Waals surface area contributed by atoms with Gasteiger partial charge in [-0.1, -0.05) is 159 Å². The summed E-state index contributed by atoms with van der Waals surface area (Å²) >= 11 is 0. The van der Waals surface area contributed by atoms with Crippen molar-refractivity contribution in [3.8, 4) is 0 Å². The number of hydrogen-bond acceptors (Lipinski definition) is 13. The molecule has 0 radical (unpaired) electrons. The third-order valence-electron chi connectivity index (χ3n) is 12.5. The molecule has 0 bridgehead atoms. The topological polar surface area (TPSA) is 228 Å². The first-order chi connectivity index (χ1) is 31.6.